The van der Waals surface area contributed by atoms with Crippen LogP contribution in [-0.4, -0.2) is 32.6 Å². The molecule has 1 aliphatic rings. The fraction of sp³-hybridized carbons (Fsp3) is 0.778. The van der Waals surface area contributed by atoms with Crippen LogP contribution in [0.2, 0.25) is 0 Å². The topological polar surface area (TPSA) is 110 Å². The van der Waals surface area contributed by atoms with Gasteiger partial charge in [0.15, 0.2) is 5.82 Å². The number of carbonyl (C=O) groups is 1. The van der Waals surface area contributed by atoms with Crippen LogP contribution in [0.1, 0.15) is 32.0 Å². The molecule has 7 heteroatoms. The second-order valence-corrected chi connectivity index (χ2v) is 4.43. The highest BCUT2D eigenvalue weighted by molar-refractivity contribution is 5.83. The van der Waals surface area contributed by atoms with Crippen molar-refractivity contribution in [1.29, 1.82) is 0 Å². The summed E-state index contributed by atoms with van der Waals surface area (Å²) in [5.41, 5.74) is 5.50. The van der Waals surface area contributed by atoms with Gasteiger partial charge in [0.25, 0.3) is 0 Å². The maximum absolute atomic E-state index is 12.0. The van der Waals surface area contributed by atoms with Crippen LogP contribution in [0.25, 0.3) is 0 Å². The van der Waals surface area contributed by atoms with E-state index >= 15 is 0 Å². The van der Waals surface area contributed by atoms with Gasteiger partial charge in [0.2, 0.25) is 5.91 Å². The van der Waals surface area contributed by atoms with E-state index in [1.165, 1.54) is 0 Å². The van der Waals surface area contributed by atoms with E-state index in [0.717, 1.165) is 19.3 Å². The Balaban J connectivity index is 1.93. The van der Waals surface area contributed by atoms with Crippen molar-refractivity contribution in [3.8, 4) is 0 Å². The van der Waals surface area contributed by atoms with Gasteiger partial charge in [0.1, 0.15) is 0 Å². The summed E-state index contributed by atoms with van der Waals surface area (Å²) < 4.78 is 0. The van der Waals surface area contributed by atoms with E-state index in [0.29, 0.717) is 5.82 Å². The van der Waals surface area contributed by atoms with Crippen molar-refractivity contribution in [1.82, 2.24) is 25.9 Å². The zero-order chi connectivity index (χ0) is 11.6. The predicted molar refractivity (Wildman–Crippen MR) is 56.0 cm³/mol. The highest BCUT2D eigenvalue weighted by atomic mass is 16.2. The van der Waals surface area contributed by atoms with E-state index in [9.17, 15) is 4.79 Å². The summed E-state index contributed by atoms with van der Waals surface area (Å²) in [5, 5.41) is 16.1. The van der Waals surface area contributed by atoms with Crippen molar-refractivity contribution in [3.05, 3.63) is 5.82 Å². The molecule has 2 unspecified atom stereocenters. The average molecular weight is 224 g/mol. The van der Waals surface area contributed by atoms with Crippen LogP contribution in [0, 0.1) is 5.41 Å². The number of H-pyrrole nitrogens is 1. The van der Waals surface area contributed by atoms with E-state index in [-0.39, 0.29) is 18.5 Å². The van der Waals surface area contributed by atoms with Gasteiger partial charge in [-0.2, -0.15) is 5.21 Å². The minimum atomic E-state index is -0.455. The van der Waals surface area contributed by atoms with Crippen molar-refractivity contribution in [2.24, 2.45) is 11.1 Å². The van der Waals surface area contributed by atoms with E-state index in [4.69, 9.17) is 5.73 Å². The fourth-order valence-corrected chi connectivity index (χ4v) is 2.09. The van der Waals surface area contributed by atoms with Crippen LogP contribution in [0.4, 0.5) is 0 Å². The first-order chi connectivity index (χ1) is 7.63. The van der Waals surface area contributed by atoms with Crippen LogP contribution in [0.3, 0.4) is 0 Å². The number of nitrogens with one attached hydrogen (secondary N) is 2. The van der Waals surface area contributed by atoms with Gasteiger partial charge in [0.05, 0.1) is 12.0 Å². The number of hydrogen-bond donors (Lipinski definition) is 3. The number of aromatic amines is 1. The molecular weight excluding hydrogens is 208 g/mol. The summed E-state index contributed by atoms with van der Waals surface area (Å²) in [5.74, 6) is 0.450. The summed E-state index contributed by atoms with van der Waals surface area (Å²) in [6.45, 7) is 2.20. The lowest BCUT2D eigenvalue weighted by Crippen LogP contribution is -2.47. The summed E-state index contributed by atoms with van der Waals surface area (Å²) in [6.07, 6.45) is 2.76. The largest absolute Gasteiger partial charge is 0.348 e. The Bertz CT molecular complexity index is 364. The van der Waals surface area contributed by atoms with Gasteiger partial charge in [-0.3, -0.25) is 4.79 Å². The first kappa shape index (κ1) is 11.0. The highest BCUT2D eigenvalue weighted by Gasteiger charge is 2.42. The van der Waals surface area contributed by atoms with Crippen LogP contribution >= 0.6 is 0 Å². The van der Waals surface area contributed by atoms with Crippen LogP contribution in [0.5, 0.6) is 0 Å². The van der Waals surface area contributed by atoms with Crippen molar-refractivity contribution in [3.63, 3.8) is 0 Å². The normalized spacial score (nSPS) is 29.2. The maximum Gasteiger partial charge on any atom is 0.227 e. The summed E-state index contributed by atoms with van der Waals surface area (Å²) >= 11 is 0. The van der Waals surface area contributed by atoms with Gasteiger partial charge in [0, 0.05) is 6.04 Å². The number of nitrogens with zero attached hydrogens (tertiary/aromatic N) is 3. The lowest BCUT2D eigenvalue weighted by molar-refractivity contribution is -0.130. The lowest BCUT2D eigenvalue weighted by Gasteiger charge is -2.27. The molecule has 1 heterocycles. The minimum Gasteiger partial charge on any atom is -0.348 e. The van der Waals surface area contributed by atoms with Crippen molar-refractivity contribution in [2.75, 3.05) is 0 Å². The number of amides is 1. The Labute approximate surface area is 93.2 Å². The first-order valence-corrected chi connectivity index (χ1v) is 5.39. The molecule has 1 saturated carbocycles. The predicted octanol–water partition coefficient (Wildman–Crippen LogP) is -0.667. The molecule has 16 heavy (non-hydrogen) atoms. The second-order valence-electron chi connectivity index (χ2n) is 4.43. The number of tetrazole rings is 1. The van der Waals surface area contributed by atoms with E-state index < -0.39 is 5.41 Å². The summed E-state index contributed by atoms with van der Waals surface area (Å²) in [6, 6.07) is -0.0576. The molecule has 1 aromatic heterocycles. The van der Waals surface area contributed by atoms with E-state index in [1.54, 1.807) is 0 Å². The number of nitrogens with two attached hydrogens (primary N) is 1. The Morgan fingerprint density at radius 2 is 2.56 bits per heavy atom. The Morgan fingerprint density at radius 1 is 1.75 bits per heavy atom. The monoisotopic (exact) mass is 224 g/mol. The third kappa shape index (κ3) is 1.90. The van der Waals surface area contributed by atoms with Gasteiger partial charge in [-0.25, -0.2) is 0 Å². The Morgan fingerprint density at radius 3 is 3.12 bits per heavy atom. The van der Waals surface area contributed by atoms with Gasteiger partial charge in [-0.15, -0.1) is 10.2 Å². The van der Waals surface area contributed by atoms with E-state index in [1.807, 2.05) is 6.92 Å². The van der Waals surface area contributed by atoms with Crippen molar-refractivity contribution >= 4 is 5.91 Å². The fourth-order valence-electron chi connectivity index (χ4n) is 2.09. The molecule has 0 aromatic carbocycles. The zero-order valence-electron chi connectivity index (χ0n) is 9.23. The lowest BCUT2D eigenvalue weighted by atomic mass is 9.84. The third-order valence-electron chi connectivity index (χ3n) is 3.34. The molecule has 0 radical (unpaired) electrons. The molecule has 88 valence electrons. The summed E-state index contributed by atoms with van der Waals surface area (Å²) in [7, 11) is 0. The quantitative estimate of drug-likeness (QED) is 0.631. The molecule has 1 amide bonds. The number of hydrogen-bond acceptors (Lipinski definition) is 5. The van der Waals surface area contributed by atoms with Gasteiger partial charge in [-0.05, 0) is 19.8 Å². The molecule has 1 aliphatic carbocycles. The molecule has 0 spiro atoms. The van der Waals surface area contributed by atoms with Crippen LogP contribution in [-0.2, 0) is 11.3 Å². The third-order valence-corrected chi connectivity index (χ3v) is 3.34. The Hall–Kier alpha value is -1.50. The van der Waals surface area contributed by atoms with Crippen molar-refractivity contribution in [2.45, 2.75) is 38.8 Å². The number of rotatable bonds is 3. The zero-order valence-corrected chi connectivity index (χ0v) is 9.23. The van der Waals surface area contributed by atoms with E-state index in [2.05, 4.69) is 25.9 Å². The van der Waals surface area contributed by atoms with Gasteiger partial charge >= 0.3 is 0 Å². The molecule has 0 aliphatic heterocycles. The molecular formula is C9H16N6O. The van der Waals surface area contributed by atoms with Gasteiger partial charge < -0.3 is 11.1 Å². The number of carbonyl (C=O) groups excluding carboxylic acids is 1. The standard InChI is InChI=1S/C9H16N6O/c1-9(4-2-3-6(9)10)8(16)11-5-7-12-14-15-13-7/h6H,2-5,10H2,1H3,(H,11,16)(H,12,13,14,15). The molecule has 7 nitrogen and oxygen atoms in total. The minimum absolute atomic E-state index is 0.0256. The number of aromatic nitrogens is 4. The van der Waals surface area contributed by atoms with Gasteiger partial charge in [-0.1, -0.05) is 11.6 Å². The molecule has 4 N–H and O–H groups in total. The SMILES string of the molecule is CC1(C(=O)NCc2nn[nH]n2)CCCC1N. The maximum atomic E-state index is 12.0. The van der Waals surface area contributed by atoms with Crippen molar-refractivity contribution < 1.29 is 4.79 Å². The average Bonchev–Trinajstić information content (AvgIpc) is 2.87. The molecule has 0 saturated heterocycles. The Kier molecular flexibility index (Phi) is 2.86. The molecule has 0 bridgehead atoms. The molecule has 1 aromatic rings. The molecule has 2 rings (SSSR count). The highest BCUT2D eigenvalue weighted by Crippen LogP contribution is 2.36. The first-order valence-electron chi connectivity index (χ1n) is 5.39. The van der Waals surface area contributed by atoms with Crippen LogP contribution in [0.15, 0.2) is 0 Å². The summed E-state index contributed by atoms with van der Waals surface area (Å²) in [4.78, 5) is 12.0. The smallest absolute Gasteiger partial charge is 0.227 e. The van der Waals surface area contributed by atoms with Crippen LogP contribution < -0.4 is 11.1 Å². The molecule has 2 atom stereocenters. The molecule has 1 fully saturated rings. The second kappa shape index (κ2) is 4.17.